The minimum atomic E-state index is -0.535. The van der Waals surface area contributed by atoms with Crippen LogP contribution in [0.5, 0.6) is 0 Å². The van der Waals surface area contributed by atoms with Gasteiger partial charge >= 0.3 is 0 Å². The van der Waals surface area contributed by atoms with Crippen molar-refractivity contribution in [1.82, 2.24) is 25.2 Å². The molecule has 26 heavy (non-hydrogen) atoms. The summed E-state index contributed by atoms with van der Waals surface area (Å²) in [6, 6.07) is 9.63. The molecule has 9 heteroatoms. The zero-order valence-corrected chi connectivity index (χ0v) is 14.9. The summed E-state index contributed by atoms with van der Waals surface area (Å²) in [4.78, 5) is 11.0. The van der Waals surface area contributed by atoms with E-state index in [-0.39, 0.29) is 0 Å². The summed E-state index contributed by atoms with van der Waals surface area (Å²) >= 11 is 0. The highest BCUT2D eigenvalue weighted by Crippen LogP contribution is 2.23. The van der Waals surface area contributed by atoms with E-state index < -0.39 is 6.10 Å². The van der Waals surface area contributed by atoms with Crippen molar-refractivity contribution in [3.05, 3.63) is 30.3 Å². The number of hydrogen-bond donors (Lipinski definition) is 3. The Kier molecular flexibility index (Phi) is 5.92. The summed E-state index contributed by atoms with van der Waals surface area (Å²) in [6.07, 6.45) is -0.535. The molecule has 2 heterocycles. The molecule has 0 radical (unpaired) electrons. The Bertz CT molecular complexity index is 820. The Balaban J connectivity index is 1.76. The number of rotatable bonds is 9. The largest absolute Gasteiger partial charge is 0.390 e. The normalized spacial score (nSPS) is 12.5. The van der Waals surface area contributed by atoms with Crippen LogP contribution in [0.1, 0.15) is 13.8 Å². The monoisotopic (exact) mass is 357 g/mol. The molecular weight excluding hydrogens is 334 g/mol. The van der Waals surface area contributed by atoms with Gasteiger partial charge in [0.25, 0.3) is 0 Å². The molecule has 0 spiro atoms. The average Bonchev–Trinajstić information content (AvgIpc) is 3.12. The van der Waals surface area contributed by atoms with Gasteiger partial charge < -0.3 is 20.6 Å². The average molecular weight is 357 g/mol. The fourth-order valence-electron chi connectivity index (χ4n) is 2.57. The van der Waals surface area contributed by atoms with Crippen molar-refractivity contribution in [3.63, 3.8) is 0 Å². The van der Waals surface area contributed by atoms with Gasteiger partial charge in [-0.15, -0.1) is 0 Å². The lowest BCUT2D eigenvalue weighted by atomic mass is 10.3. The minimum Gasteiger partial charge on any atom is -0.390 e. The molecule has 0 saturated carbocycles. The molecule has 3 rings (SSSR count). The molecule has 0 fully saturated rings. The van der Waals surface area contributed by atoms with Gasteiger partial charge in [-0.05, 0) is 35.5 Å². The summed E-state index contributed by atoms with van der Waals surface area (Å²) < 4.78 is 4.70. The standard InChI is InChI=1S/C17H23N7O2/c1-3-24(4-2)11-13(25)10-18-14-15(19-12-8-6-5-7-9-12)21-17-16(20-14)22-26-23-17/h5-9,13,25H,3-4,10-11H2,1-2H3,(H,18,20,22)(H,19,21,23)/t13-/m0/s1. The van der Waals surface area contributed by atoms with Crippen LogP contribution in [0.2, 0.25) is 0 Å². The molecule has 2 aromatic heterocycles. The van der Waals surface area contributed by atoms with Crippen LogP contribution in [-0.2, 0) is 0 Å². The Hall–Kier alpha value is -2.78. The third-order valence-corrected chi connectivity index (χ3v) is 4.02. The first-order valence-corrected chi connectivity index (χ1v) is 8.66. The second-order valence-corrected chi connectivity index (χ2v) is 5.84. The Labute approximate surface area is 151 Å². The predicted molar refractivity (Wildman–Crippen MR) is 99.4 cm³/mol. The summed E-state index contributed by atoms with van der Waals surface area (Å²) in [6.45, 7) is 6.86. The second-order valence-electron chi connectivity index (χ2n) is 5.84. The summed E-state index contributed by atoms with van der Waals surface area (Å²) in [7, 11) is 0. The number of nitrogens with zero attached hydrogens (tertiary/aromatic N) is 5. The molecule has 0 aliphatic carbocycles. The number of aliphatic hydroxyl groups is 1. The third kappa shape index (κ3) is 4.44. The molecule has 3 N–H and O–H groups in total. The van der Waals surface area contributed by atoms with Gasteiger partial charge in [0.2, 0.25) is 11.3 Å². The van der Waals surface area contributed by atoms with Crippen LogP contribution >= 0.6 is 0 Å². The van der Waals surface area contributed by atoms with Crippen molar-refractivity contribution < 1.29 is 9.74 Å². The Morgan fingerprint density at radius 1 is 1.04 bits per heavy atom. The van der Waals surface area contributed by atoms with Gasteiger partial charge in [-0.25, -0.2) is 14.6 Å². The molecule has 0 bridgehead atoms. The SMILES string of the molecule is CCN(CC)C[C@@H](O)CNc1nc2nonc2nc1Nc1ccccc1. The van der Waals surface area contributed by atoms with Crippen molar-refractivity contribution in [1.29, 1.82) is 0 Å². The van der Waals surface area contributed by atoms with Gasteiger partial charge in [0.15, 0.2) is 11.6 Å². The summed E-state index contributed by atoms with van der Waals surface area (Å²) in [5.41, 5.74) is 1.49. The molecule has 138 valence electrons. The summed E-state index contributed by atoms with van der Waals surface area (Å²) in [5.74, 6) is 0.977. The highest BCUT2D eigenvalue weighted by atomic mass is 16.6. The third-order valence-electron chi connectivity index (χ3n) is 4.02. The molecule has 1 aromatic carbocycles. The van der Waals surface area contributed by atoms with Crippen LogP contribution in [0, 0.1) is 0 Å². The lowest BCUT2D eigenvalue weighted by Gasteiger charge is -2.22. The molecule has 9 nitrogen and oxygen atoms in total. The van der Waals surface area contributed by atoms with E-state index in [2.05, 4.69) is 49.7 Å². The fourth-order valence-corrected chi connectivity index (χ4v) is 2.57. The molecule has 0 unspecified atom stereocenters. The molecule has 0 amide bonds. The van der Waals surface area contributed by atoms with Gasteiger partial charge in [0, 0.05) is 18.8 Å². The van der Waals surface area contributed by atoms with Gasteiger partial charge in [0.05, 0.1) is 6.10 Å². The molecule has 0 saturated heterocycles. The van der Waals surface area contributed by atoms with Crippen LogP contribution in [0.25, 0.3) is 11.3 Å². The number of hydrogen-bond acceptors (Lipinski definition) is 9. The topological polar surface area (TPSA) is 112 Å². The Morgan fingerprint density at radius 3 is 2.35 bits per heavy atom. The first kappa shape index (κ1) is 18.0. The smallest absolute Gasteiger partial charge is 0.245 e. The highest BCUT2D eigenvalue weighted by molar-refractivity contribution is 5.76. The number of para-hydroxylation sites is 1. The predicted octanol–water partition coefficient (Wildman–Crippen LogP) is 1.87. The minimum absolute atomic E-state index is 0.310. The van der Waals surface area contributed by atoms with E-state index in [1.807, 2.05) is 30.3 Å². The van der Waals surface area contributed by atoms with Gasteiger partial charge in [-0.3, -0.25) is 0 Å². The van der Waals surface area contributed by atoms with Crippen LogP contribution in [0.3, 0.4) is 0 Å². The molecule has 3 aromatic rings. The van der Waals surface area contributed by atoms with Gasteiger partial charge in [-0.2, -0.15) is 0 Å². The molecule has 0 aliphatic heterocycles. The molecule has 0 aliphatic rings. The van der Waals surface area contributed by atoms with E-state index in [0.29, 0.717) is 36.0 Å². The van der Waals surface area contributed by atoms with Gasteiger partial charge in [-0.1, -0.05) is 32.0 Å². The van der Waals surface area contributed by atoms with Crippen LogP contribution in [0.4, 0.5) is 17.3 Å². The quantitative estimate of drug-likeness (QED) is 0.528. The number of anilines is 3. The number of likely N-dealkylation sites (N-methyl/N-ethyl adjacent to an activating group) is 1. The maximum absolute atomic E-state index is 10.3. The van der Waals surface area contributed by atoms with Crippen LogP contribution in [-0.4, -0.2) is 62.6 Å². The number of aromatic nitrogens is 4. The van der Waals surface area contributed by atoms with Crippen LogP contribution < -0.4 is 10.6 Å². The van der Waals surface area contributed by atoms with E-state index in [1.165, 1.54) is 0 Å². The van der Waals surface area contributed by atoms with Gasteiger partial charge in [0.1, 0.15) is 0 Å². The van der Waals surface area contributed by atoms with E-state index in [9.17, 15) is 5.11 Å². The van der Waals surface area contributed by atoms with E-state index >= 15 is 0 Å². The van der Waals surface area contributed by atoms with Crippen LogP contribution in [0.15, 0.2) is 35.0 Å². The first-order chi connectivity index (χ1) is 12.7. The van der Waals surface area contributed by atoms with Crippen molar-refractivity contribution >= 4 is 28.6 Å². The lowest BCUT2D eigenvalue weighted by molar-refractivity contribution is 0.128. The lowest BCUT2D eigenvalue weighted by Crippen LogP contribution is -2.36. The molecular formula is C17H23N7O2. The van der Waals surface area contributed by atoms with Crippen molar-refractivity contribution in [3.8, 4) is 0 Å². The fraction of sp³-hybridized carbons (Fsp3) is 0.412. The zero-order valence-electron chi connectivity index (χ0n) is 14.9. The van der Waals surface area contributed by atoms with E-state index in [4.69, 9.17) is 4.63 Å². The highest BCUT2D eigenvalue weighted by Gasteiger charge is 2.15. The van der Waals surface area contributed by atoms with Crippen molar-refractivity contribution in [2.75, 3.05) is 36.8 Å². The zero-order chi connectivity index (χ0) is 18.4. The first-order valence-electron chi connectivity index (χ1n) is 8.66. The maximum Gasteiger partial charge on any atom is 0.245 e. The Morgan fingerprint density at radius 2 is 1.69 bits per heavy atom. The van der Waals surface area contributed by atoms with E-state index in [0.717, 1.165) is 18.8 Å². The van der Waals surface area contributed by atoms with Crippen molar-refractivity contribution in [2.24, 2.45) is 0 Å². The number of fused-ring (bicyclic) bond motifs is 1. The second kappa shape index (κ2) is 8.54. The molecule has 1 atom stereocenters. The van der Waals surface area contributed by atoms with E-state index in [1.54, 1.807) is 0 Å². The van der Waals surface area contributed by atoms with Crippen molar-refractivity contribution in [2.45, 2.75) is 20.0 Å². The number of benzene rings is 1. The number of aliphatic hydroxyl groups excluding tert-OH is 1. The summed E-state index contributed by atoms with van der Waals surface area (Å²) in [5, 5.41) is 24.1. The number of nitrogens with one attached hydrogen (secondary N) is 2. The maximum atomic E-state index is 10.3.